The highest BCUT2D eigenvalue weighted by molar-refractivity contribution is 6.29. The molecule has 7 heteroatoms. The van der Waals surface area contributed by atoms with Gasteiger partial charge >= 0.3 is 0 Å². The van der Waals surface area contributed by atoms with Gasteiger partial charge in [0.1, 0.15) is 23.1 Å². The first-order chi connectivity index (χ1) is 8.56. The van der Waals surface area contributed by atoms with Crippen LogP contribution in [0.25, 0.3) is 0 Å². The maximum absolute atomic E-state index is 5.96. The average Bonchev–Trinajstić information content (AvgIpc) is 2.71. The molecule has 2 rings (SSSR count). The summed E-state index contributed by atoms with van der Waals surface area (Å²) in [7, 11) is 1.89. The van der Waals surface area contributed by atoms with Crippen LogP contribution in [0.1, 0.15) is 31.4 Å². The molecule has 96 valence electrons. The van der Waals surface area contributed by atoms with E-state index >= 15 is 0 Å². The molecule has 0 bridgehead atoms. The first-order valence-electron chi connectivity index (χ1n) is 5.67. The molecule has 0 spiro atoms. The van der Waals surface area contributed by atoms with Crippen LogP contribution < -0.4 is 5.32 Å². The number of aromatic nitrogens is 5. The van der Waals surface area contributed by atoms with Crippen LogP contribution in [-0.2, 0) is 13.6 Å². The molecule has 0 atom stereocenters. The molecule has 0 aliphatic heterocycles. The fourth-order valence-electron chi connectivity index (χ4n) is 1.42. The van der Waals surface area contributed by atoms with Crippen LogP contribution in [0.3, 0.4) is 0 Å². The predicted octanol–water partition coefficient (Wildman–Crippen LogP) is 1.99. The zero-order chi connectivity index (χ0) is 13.1. The molecule has 6 nitrogen and oxygen atoms in total. The lowest BCUT2D eigenvalue weighted by molar-refractivity contribution is 0.769. The summed E-state index contributed by atoms with van der Waals surface area (Å²) >= 11 is 5.96. The smallest absolute Gasteiger partial charge is 0.151 e. The minimum absolute atomic E-state index is 0.235. The minimum atomic E-state index is 0.235. The van der Waals surface area contributed by atoms with E-state index in [9.17, 15) is 0 Å². The van der Waals surface area contributed by atoms with Gasteiger partial charge in [-0.25, -0.2) is 9.97 Å². The van der Waals surface area contributed by atoms with Gasteiger partial charge in [-0.2, -0.15) is 0 Å². The standard InChI is InChI=1S/C11H15ClN6/c1-7(2)11-15-8(12)4-9(16-11)13-5-10-17-14-6-18(10)3/h4,6-7H,5H2,1-3H3,(H,13,15,16). The topological polar surface area (TPSA) is 68.5 Å². The molecule has 0 aliphatic carbocycles. The highest BCUT2D eigenvalue weighted by Crippen LogP contribution is 2.17. The third-order valence-corrected chi connectivity index (χ3v) is 2.65. The van der Waals surface area contributed by atoms with Gasteiger partial charge in [0.15, 0.2) is 5.82 Å². The fourth-order valence-corrected chi connectivity index (χ4v) is 1.61. The molecule has 0 aliphatic rings. The lowest BCUT2D eigenvalue weighted by Crippen LogP contribution is -2.08. The molecule has 0 amide bonds. The monoisotopic (exact) mass is 266 g/mol. The largest absolute Gasteiger partial charge is 0.363 e. The Bertz CT molecular complexity index is 536. The van der Waals surface area contributed by atoms with Gasteiger partial charge in [-0.3, -0.25) is 0 Å². The highest BCUT2D eigenvalue weighted by Gasteiger charge is 2.07. The molecule has 0 saturated carbocycles. The molecule has 2 aromatic rings. The van der Waals surface area contributed by atoms with Gasteiger partial charge in [-0.15, -0.1) is 10.2 Å². The molecular formula is C11H15ClN6. The molecule has 2 heterocycles. The summed E-state index contributed by atoms with van der Waals surface area (Å²) in [5.74, 6) is 2.49. The summed E-state index contributed by atoms with van der Waals surface area (Å²) in [5, 5.41) is 11.4. The van der Waals surface area contributed by atoms with Crippen molar-refractivity contribution in [2.75, 3.05) is 5.32 Å². The molecule has 0 aromatic carbocycles. The summed E-state index contributed by atoms with van der Waals surface area (Å²) in [4.78, 5) is 8.58. The molecule has 1 N–H and O–H groups in total. The summed E-state index contributed by atoms with van der Waals surface area (Å²) in [5.41, 5.74) is 0. The second kappa shape index (κ2) is 5.30. The first kappa shape index (κ1) is 12.8. The second-order valence-electron chi connectivity index (χ2n) is 4.30. The summed E-state index contributed by atoms with van der Waals surface area (Å²) in [6, 6.07) is 1.70. The average molecular weight is 267 g/mol. The molecule has 0 radical (unpaired) electrons. The lowest BCUT2D eigenvalue weighted by atomic mass is 10.2. The zero-order valence-electron chi connectivity index (χ0n) is 10.6. The molecule has 0 saturated heterocycles. The van der Waals surface area contributed by atoms with Crippen molar-refractivity contribution in [3.05, 3.63) is 29.2 Å². The van der Waals surface area contributed by atoms with E-state index in [2.05, 4.69) is 25.5 Å². The Labute approximate surface area is 110 Å². The highest BCUT2D eigenvalue weighted by atomic mass is 35.5. The van der Waals surface area contributed by atoms with Crippen LogP contribution in [0, 0.1) is 0 Å². The van der Waals surface area contributed by atoms with Gasteiger partial charge in [-0.05, 0) is 0 Å². The van der Waals surface area contributed by atoms with Crippen molar-refractivity contribution >= 4 is 17.4 Å². The summed E-state index contributed by atoms with van der Waals surface area (Å²) < 4.78 is 1.85. The number of hydrogen-bond acceptors (Lipinski definition) is 5. The number of nitrogens with zero attached hydrogens (tertiary/aromatic N) is 5. The van der Waals surface area contributed by atoms with Crippen LogP contribution in [0.4, 0.5) is 5.82 Å². The zero-order valence-corrected chi connectivity index (χ0v) is 11.3. The number of halogens is 1. The van der Waals surface area contributed by atoms with Crippen molar-refractivity contribution in [3.63, 3.8) is 0 Å². The number of nitrogens with one attached hydrogen (secondary N) is 1. The van der Waals surface area contributed by atoms with Crippen molar-refractivity contribution in [2.45, 2.75) is 26.3 Å². The Morgan fingerprint density at radius 2 is 2.17 bits per heavy atom. The van der Waals surface area contributed by atoms with Gasteiger partial charge in [0.2, 0.25) is 0 Å². The van der Waals surface area contributed by atoms with Crippen molar-refractivity contribution in [2.24, 2.45) is 7.05 Å². The Morgan fingerprint density at radius 1 is 1.39 bits per heavy atom. The maximum Gasteiger partial charge on any atom is 0.151 e. The molecule has 18 heavy (non-hydrogen) atoms. The Hall–Kier alpha value is -1.69. The van der Waals surface area contributed by atoms with E-state index in [0.717, 1.165) is 11.6 Å². The maximum atomic E-state index is 5.96. The van der Waals surface area contributed by atoms with Crippen LogP contribution >= 0.6 is 11.6 Å². The number of hydrogen-bond donors (Lipinski definition) is 1. The number of rotatable bonds is 4. The van der Waals surface area contributed by atoms with Crippen molar-refractivity contribution < 1.29 is 0 Å². The third-order valence-electron chi connectivity index (χ3n) is 2.46. The van der Waals surface area contributed by atoms with Gasteiger partial charge in [0.05, 0.1) is 6.54 Å². The molecule has 0 unspecified atom stereocenters. The molecular weight excluding hydrogens is 252 g/mol. The van der Waals surface area contributed by atoms with Gasteiger partial charge in [-0.1, -0.05) is 25.4 Å². The van der Waals surface area contributed by atoms with Crippen LogP contribution in [-0.4, -0.2) is 24.7 Å². The van der Waals surface area contributed by atoms with Crippen LogP contribution in [0.2, 0.25) is 5.15 Å². The Kier molecular flexibility index (Phi) is 3.76. The predicted molar refractivity (Wildman–Crippen MR) is 69.5 cm³/mol. The Morgan fingerprint density at radius 3 is 2.78 bits per heavy atom. The first-order valence-corrected chi connectivity index (χ1v) is 6.05. The normalized spacial score (nSPS) is 10.9. The Balaban J connectivity index is 2.12. The van der Waals surface area contributed by atoms with E-state index in [1.807, 2.05) is 25.5 Å². The van der Waals surface area contributed by atoms with E-state index in [-0.39, 0.29) is 5.92 Å². The fraction of sp³-hybridized carbons (Fsp3) is 0.455. The van der Waals surface area contributed by atoms with Gasteiger partial charge in [0.25, 0.3) is 0 Å². The summed E-state index contributed by atoms with van der Waals surface area (Å²) in [6.07, 6.45) is 1.66. The lowest BCUT2D eigenvalue weighted by Gasteiger charge is -2.09. The van der Waals surface area contributed by atoms with Crippen molar-refractivity contribution in [1.82, 2.24) is 24.7 Å². The van der Waals surface area contributed by atoms with Gasteiger partial charge in [0, 0.05) is 19.0 Å². The number of anilines is 1. The second-order valence-corrected chi connectivity index (χ2v) is 4.69. The molecule has 0 fully saturated rings. The van der Waals surface area contributed by atoms with E-state index < -0.39 is 0 Å². The SMILES string of the molecule is CC(C)c1nc(Cl)cc(NCc2nncn2C)n1. The van der Waals surface area contributed by atoms with E-state index in [4.69, 9.17) is 11.6 Å². The summed E-state index contributed by atoms with van der Waals surface area (Å²) in [6.45, 7) is 4.59. The quantitative estimate of drug-likeness (QED) is 0.857. The minimum Gasteiger partial charge on any atom is -0.363 e. The van der Waals surface area contributed by atoms with Crippen LogP contribution in [0.5, 0.6) is 0 Å². The van der Waals surface area contributed by atoms with E-state index in [0.29, 0.717) is 17.5 Å². The third kappa shape index (κ3) is 2.95. The number of aryl methyl sites for hydroxylation is 1. The van der Waals surface area contributed by atoms with Crippen molar-refractivity contribution in [3.8, 4) is 0 Å². The van der Waals surface area contributed by atoms with E-state index in [1.54, 1.807) is 12.4 Å². The van der Waals surface area contributed by atoms with E-state index in [1.165, 1.54) is 0 Å². The molecule has 2 aromatic heterocycles. The van der Waals surface area contributed by atoms with Crippen LogP contribution in [0.15, 0.2) is 12.4 Å². The van der Waals surface area contributed by atoms with Gasteiger partial charge < -0.3 is 9.88 Å². The van der Waals surface area contributed by atoms with Crippen molar-refractivity contribution in [1.29, 1.82) is 0 Å².